The first-order valence-electron chi connectivity index (χ1n) is 8.90. The molecule has 3 rings (SSSR count). The number of anilines is 1. The molecule has 0 aromatic heterocycles. The van der Waals surface area contributed by atoms with E-state index in [0.29, 0.717) is 5.69 Å². The first-order valence-corrected chi connectivity index (χ1v) is 9.31. The molecule has 2 aromatic carbocycles. The molecule has 0 aliphatic carbocycles. The molecule has 0 spiro atoms. The molecule has 0 unspecified atom stereocenters. The van der Waals surface area contributed by atoms with Crippen LogP contribution in [-0.4, -0.2) is 16.9 Å². The molecule has 5 heteroatoms. The summed E-state index contributed by atoms with van der Waals surface area (Å²) in [4.78, 5) is 27.0. The van der Waals surface area contributed by atoms with E-state index < -0.39 is 11.8 Å². The Bertz CT molecular complexity index is 951. The standard InChI is InChI=1S/C22H22N2O2S/c1-5-16-6-8-17(9-7-16)24-21(26)19(20(25)23-22(24)27)12-18-14(3)10-13(2)11-15(18)4/h6-12H,5H2,1-4H3,(H,23,25,27)/b19-12+. The minimum Gasteiger partial charge on any atom is -0.298 e. The smallest absolute Gasteiger partial charge is 0.270 e. The van der Waals surface area contributed by atoms with Gasteiger partial charge in [0, 0.05) is 0 Å². The Morgan fingerprint density at radius 3 is 2.19 bits per heavy atom. The zero-order chi connectivity index (χ0) is 19.7. The molecular formula is C22H22N2O2S. The molecule has 138 valence electrons. The van der Waals surface area contributed by atoms with Crippen molar-refractivity contribution >= 4 is 40.9 Å². The monoisotopic (exact) mass is 378 g/mol. The van der Waals surface area contributed by atoms with Crippen molar-refractivity contribution in [3.8, 4) is 0 Å². The van der Waals surface area contributed by atoms with E-state index in [4.69, 9.17) is 12.2 Å². The summed E-state index contributed by atoms with van der Waals surface area (Å²) in [7, 11) is 0. The lowest BCUT2D eigenvalue weighted by Crippen LogP contribution is -2.54. The number of hydrogen-bond donors (Lipinski definition) is 1. The van der Waals surface area contributed by atoms with Crippen molar-refractivity contribution in [3.63, 3.8) is 0 Å². The van der Waals surface area contributed by atoms with Crippen LogP contribution in [0.15, 0.2) is 42.0 Å². The van der Waals surface area contributed by atoms with Crippen LogP contribution >= 0.6 is 12.2 Å². The van der Waals surface area contributed by atoms with Gasteiger partial charge in [0.2, 0.25) is 0 Å². The van der Waals surface area contributed by atoms with Gasteiger partial charge >= 0.3 is 0 Å². The molecule has 4 nitrogen and oxygen atoms in total. The number of amides is 2. The van der Waals surface area contributed by atoms with E-state index in [1.165, 1.54) is 10.5 Å². The van der Waals surface area contributed by atoms with Crippen LogP contribution in [0.25, 0.3) is 6.08 Å². The van der Waals surface area contributed by atoms with Gasteiger partial charge < -0.3 is 0 Å². The molecule has 2 amide bonds. The van der Waals surface area contributed by atoms with Crippen LogP contribution in [0.1, 0.15) is 34.7 Å². The Hall–Kier alpha value is -2.79. The number of aryl methyl sites for hydroxylation is 4. The zero-order valence-corrected chi connectivity index (χ0v) is 16.7. The van der Waals surface area contributed by atoms with Crippen molar-refractivity contribution in [1.82, 2.24) is 5.32 Å². The number of thiocarbonyl (C=S) groups is 1. The van der Waals surface area contributed by atoms with Gasteiger partial charge in [-0.2, -0.15) is 0 Å². The van der Waals surface area contributed by atoms with Crippen LogP contribution in [0.4, 0.5) is 5.69 Å². The maximum absolute atomic E-state index is 13.1. The van der Waals surface area contributed by atoms with Crippen LogP contribution in [0.5, 0.6) is 0 Å². The second kappa shape index (κ2) is 7.45. The van der Waals surface area contributed by atoms with E-state index in [-0.39, 0.29) is 10.7 Å². The summed E-state index contributed by atoms with van der Waals surface area (Å²) in [6, 6.07) is 11.7. The highest BCUT2D eigenvalue weighted by Crippen LogP contribution is 2.25. The molecule has 1 fully saturated rings. The van der Waals surface area contributed by atoms with Crippen LogP contribution in [0.3, 0.4) is 0 Å². The third-order valence-electron chi connectivity index (χ3n) is 4.73. The van der Waals surface area contributed by atoms with Gasteiger partial charge in [-0.1, -0.05) is 36.8 Å². The Labute approximate surface area is 164 Å². The minimum absolute atomic E-state index is 0.0817. The molecule has 27 heavy (non-hydrogen) atoms. The summed E-state index contributed by atoms with van der Waals surface area (Å²) in [5.41, 5.74) is 5.96. The second-order valence-corrected chi connectivity index (χ2v) is 7.18. The highest BCUT2D eigenvalue weighted by atomic mass is 32.1. The Balaban J connectivity index is 2.05. The average molecular weight is 378 g/mol. The van der Waals surface area contributed by atoms with Gasteiger partial charge in [0.15, 0.2) is 5.11 Å². The predicted molar refractivity (Wildman–Crippen MR) is 113 cm³/mol. The molecule has 1 heterocycles. The van der Waals surface area contributed by atoms with Gasteiger partial charge in [-0.15, -0.1) is 0 Å². The fraction of sp³-hybridized carbons (Fsp3) is 0.227. The van der Waals surface area contributed by atoms with Gasteiger partial charge in [-0.05, 0) is 79.9 Å². The van der Waals surface area contributed by atoms with Crippen molar-refractivity contribution in [1.29, 1.82) is 0 Å². The maximum atomic E-state index is 13.1. The number of carbonyl (C=O) groups excluding carboxylic acids is 2. The van der Waals surface area contributed by atoms with Gasteiger partial charge in [0.05, 0.1) is 5.69 Å². The number of rotatable bonds is 3. The number of nitrogens with zero attached hydrogens (tertiary/aromatic N) is 1. The minimum atomic E-state index is -0.467. The van der Waals surface area contributed by atoms with Gasteiger partial charge in [-0.3, -0.25) is 19.8 Å². The molecule has 1 aliphatic rings. The Kier molecular flexibility index (Phi) is 5.24. The van der Waals surface area contributed by atoms with Gasteiger partial charge in [0.25, 0.3) is 11.8 Å². The summed E-state index contributed by atoms with van der Waals surface area (Å²) in [6.07, 6.45) is 2.57. The predicted octanol–water partition coefficient (Wildman–Crippen LogP) is 4.01. The van der Waals surface area contributed by atoms with Crippen LogP contribution in [-0.2, 0) is 16.0 Å². The van der Waals surface area contributed by atoms with Crippen LogP contribution in [0.2, 0.25) is 0 Å². The highest BCUT2D eigenvalue weighted by molar-refractivity contribution is 7.80. The van der Waals surface area contributed by atoms with Gasteiger partial charge in [0.1, 0.15) is 5.57 Å². The van der Waals surface area contributed by atoms with E-state index in [1.807, 2.05) is 57.2 Å². The normalized spacial score (nSPS) is 16.1. The van der Waals surface area contributed by atoms with Crippen molar-refractivity contribution in [2.24, 2.45) is 0 Å². The molecule has 0 bridgehead atoms. The first-order chi connectivity index (χ1) is 12.8. The number of benzene rings is 2. The molecule has 0 radical (unpaired) electrons. The number of carbonyl (C=O) groups is 2. The largest absolute Gasteiger partial charge is 0.298 e. The summed E-state index contributed by atoms with van der Waals surface area (Å²) in [6.45, 7) is 8.04. The van der Waals surface area contributed by atoms with Crippen molar-refractivity contribution in [2.45, 2.75) is 34.1 Å². The summed E-state index contributed by atoms with van der Waals surface area (Å²) < 4.78 is 0. The lowest BCUT2D eigenvalue weighted by molar-refractivity contribution is -0.122. The zero-order valence-electron chi connectivity index (χ0n) is 15.9. The van der Waals surface area contributed by atoms with E-state index >= 15 is 0 Å². The Morgan fingerprint density at radius 2 is 1.63 bits per heavy atom. The summed E-state index contributed by atoms with van der Waals surface area (Å²) in [5, 5.41) is 2.74. The average Bonchev–Trinajstić information content (AvgIpc) is 2.60. The number of nitrogens with one attached hydrogen (secondary N) is 1. The second-order valence-electron chi connectivity index (χ2n) is 6.79. The molecule has 1 N–H and O–H groups in total. The molecule has 0 saturated carbocycles. The van der Waals surface area contributed by atoms with Crippen molar-refractivity contribution in [2.75, 3.05) is 4.90 Å². The molecule has 2 aromatic rings. The van der Waals surface area contributed by atoms with E-state index in [1.54, 1.807) is 6.08 Å². The molecular weight excluding hydrogens is 356 g/mol. The summed E-state index contributed by atoms with van der Waals surface area (Å²) >= 11 is 5.26. The van der Waals surface area contributed by atoms with Crippen molar-refractivity contribution in [3.05, 3.63) is 69.8 Å². The highest BCUT2D eigenvalue weighted by Gasteiger charge is 2.34. The third kappa shape index (κ3) is 3.69. The topological polar surface area (TPSA) is 49.4 Å². The fourth-order valence-electron chi connectivity index (χ4n) is 3.34. The van der Waals surface area contributed by atoms with E-state index in [9.17, 15) is 9.59 Å². The van der Waals surface area contributed by atoms with E-state index in [2.05, 4.69) is 12.2 Å². The lowest BCUT2D eigenvalue weighted by Gasteiger charge is -2.29. The molecule has 1 aliphatic heterocycles. The molecule has 1 saturated heterocycles. The summed E-state index contributed by atoms with van der Waals surface area (Å²) in [5.74, 6) is -0.877. The lowest BCUT2D eigenvalue weighted by atomic mass is 9.97. The SMILES string of the molecule is CCc1ccc(N2C(=O)/C(=C/c3c(C)cc(C)cc3C)C(=O)NC2=S)cc1. The van der Waals surface area contributed by atoms with Gasteiger partial charge in [-0.25, -0.2) is 0 Å². The quantitative estimate of drug-likeness (QED) is 0.499. The van der Waals surface area contributed by atoms with E-state index in [0.717, 1.165) is 28.7 Å². The number of hydrogen-bond acceptors (Lipinski definition) is 3. The van der Waals surface area contributed by atoms with Crippen molar-refractivity contribution < 1.29 is 9.59 Å². The maximum Gasteiger partial charge on any atom is 0.270 e. The fourth-order valence-corrected chi connectivity index (χ4v) is 3.62. The molecule has 0 atom stereocenters. The third-order valence-corrected chi connectivity index (χ3v) is 5.02. The Morgan fingerprint density at radius 1 is 1.04 bits per heavy atom. The van der Waals surface area contributed by atoms with Crippen LogP contribution < -0.4 is 10.2 Å². The van der Waals surface area contributed by atoms with Crippen LogP contribution in [0, 0.1) is 20.8 Å². The first kappa shape index (κ1) is 19.0.